The Balaban J connectivity index is 2.69. The van der Waals surface area contributed by atoms with Crippen LogP contribution in [0.25, 0.3) is 0 Å². The lowest BCUT2D eigenvalue weighted by Crippen LogP contribution is -2.24. The molecule has 1 amide bonds. The SMILES string of the molecule is CCNC(=O)CCNc1cc(N)cc(S(N)(=O)=O)c1. The average molecular weight is 286 g/mol. The van der Waals surface area contributed by atoms with Gasteiger partial charge in [0.25, 0.3) is 0 Å². The summed E-state index contributed by atoms with van der Waals surface area (Å²) in [6.07, 6.45) is 0.285. The molecule has 0 unspecified atom stereocenters. The van der Waals surface area contributed by atoms with Gasteiger partial charge in [0.15, 0.2) is 0 Å². The predicted octanol–water partition coefficient (Wildman–Crippen LogP) is -0.146. The molecule has 1 rings (SSSR count). The molecule has 0 aliphatic carbocycles. The molecule has 1 aromatic carbocycles. The van der Waals surface area contributed by atoms with Crippen molar-refractivity contribution in [3.8, 4) is 0 Å². The van der Waals surface area contributed by atoms with Crippen LogP contribution >= 0.6 is 0 Å². The van der Waals surface area contributed by atoms with Gasteiger partial charge in [0.1, 0.15) is 0 Å². The van der Waals surface area contributed by atoms with E-state index in [2.05, 4.69) is 10.6 Å². The summed E-state index contributed by atoms with van der Waals surface area (Å²) in [6.45, 7) is 2.79. The second-order valence-electron chi connectivity index (χ2n) is 3.97. The number of nitrogens with one attached hydrogen (secondary N) is 2. The molecule has 8 heteroatoms. The molecule has 0 spiro atoms. The third kappa shape index (κ3) is 5.14. The molecule has 0 atom stereocenters. The van der Waals surface area contributed by atoms with E-state index in [9.17, 15) is 13.2 Å². The molecular weight excluding hydrogens is 268 g/mol. The van der Waals surface area contributed by atoms with E-state index in [1.165, 1.54) is 12.1 Å². The summed E-state index contributed by atoms with van der Waals surface area (Å²) in [7, 11) is -3.80. The number of benzene rings is 1. The molecule has 1 aromatic rings. The van der Waals surface area contributed by atoms with E-state index in [1.807, 2.05) is 6.92 Å². The zero-order valence-electron chi connectivity index (χ0n) is 10.6. The molecule has 0 fully saturated rings. The monoisotopic (exact) mass is 286 g/mol. The van der Waals surface area contributed by atoms with Crippen LogP contribution in [0.15, 0.2) is 23.1 Å². The third-order valence-corrected chi connectivity index (χ3v) is 3.21. The number of amides is 1. The Morgan fingerprint density at radius 2 is 2.00 bits per heavy atom. The van der Waals surface area contributed by atoms with E-state index in [0.29, 0.717) is 18.8 Å². The fraction of sp³-hybridized carbons (Fsp3) is 0.364. The lowest BCUT2D eigenvalue weighted by atomic mass is 10.2. The maximum absolute atomic E-state index is 11.2. The van der Waals surface area contributed by atoms with Gasteiger partial charge >= 0.3 is 0 Å². The number of carbonyl (C=O) groups is 1. The van der Waals surface area contributed by atoms with Gasteiger partial charge in [-0.2, -0.15) is 0 Å². The zero-order chi connectivity index (χ0) is 14.5. The topological polar surface area (TPSA) is 127 Å². The third-order valence-electron chi connectivity index (χ3n) is 2.31. The number of nitrogens with two attached hydrogens (primary N) is 2. The molecule has 106 valence electrons. The van der Waals surface area contributed by atoms with E-state index in [0.717, 1.165) is 0 Å². The van der Waals surface area contributed by atoms with Gasteiger partial charge in [0.05, 0.1) is 4.90 Å². The highest BCUT2D eigenvalue weighted by molar-refractivity contribution is 7.89. The van der Waals surface area contributed by atoms with Gasteiger partial charge in [-0.1, -0.05) is 0 Å². The van der Waals surface area contributed by atoms with Gasteiger partial charge in [-0.25, -0.2) is 13.6 Å². The summed E-state index contributed by atoms with van der Waals surface area (Å²) in [5, 5.41) is 10.6. The van der Waals surface area contributed by atoms with Crippen molar-refractivity contribution in [1.29, 1.82) is 0 Å². The Morgan fingerprint density at radius 3 is 2.58 bits per heavy atom. The van der Waals surface area contributed by atoms with Crippen LogP contribution < -0.4 is 21.5 Å². The Labute approximate surface area is 112 Å². The van der Waals surface area contributed by atoms with E-state index in [4.69, 9.17) is 10.9 Å². The molecule has 0 aliphatic rings. The summed E-state index contributed by atoms with van der Waals surface area (Å²) in [5.41, 5.74) is 6.39. The first kappa shape index (κ1) is 15.3. The van der Waals surface area contributed by atoms with Crippen LogP contribution in [-0.2, 0) is 14.8 Å². The quantitative estimate of drug-likeness (QED) is 0.541. The average Bonchev–Trinajstić information content (AvgIpc) is 2.27. The minimum Gasteiger partial charge on any atom is -0.399 e. The fourth-order valence-electron chi connectivity index (χ4n) is 1.49. The number of anilines is 2. The molecule has 0 saturated heterocycles. The first-order chi connectivity index (χ1) is 8.82. The second-order valence-corrected chi connectivity index (χ2v) is 5.53. The van der Waals surface area contributed by atoms with E-state index in [-0.39, 0.29) is 22.9 Å². The van der Waals surface area contributed by atoms with E-state index >= 15 is 0 Å². The van der Waals surface area contributed by atoms with Gasteiger partial charge < -0.3 is 16.4 Å². The fourth-order valence-corrected chi connectivity index (χ4v) is 2.09. The van der Waals surface area contributed by atoms with Crippen molar-refractivity contribution >= 4 is 27.3 Å². The van der Waals surface area contributed by atoms with E-state index < -0.39 is 10.0 Å². The molecule has 0 radical (unpaired) electrons. The molecular formula is C11H18N4O3S. The summed E-state index contributed by atoms with van der Waals surface area (Å²) >= 11 is 0. The van der Waals surface area contributed by atoms with Crippen molar-refractivity contribution in [1.82, 2.24) is 5.32 Å². The molecule has 7 nitrogen and oxygen atoms in total. The molecule has 0 bridgehead atoms. The van der Waals surface area contributed by atoms with Crippen molar-refractivity contribution in [2.45, 2.75) is 18.2 Å². The van der Waals surface area contributed by atoms with E-state index in [1.54, 1.807) is 6.07 Å². The number of rotatable bonds is 6. The molecule has 0 heterocycles. The van der Waals surface area contributed by atoms with Crippen LogP contribution in [0.2, 0.25) is 0 Å². The van der Waals surface area contributed by atoms with Gasteiger partial charge in [0.2, 0.25) is 15.9 Å². The van der Waals surface area contributed by atoms with Crippen LogP contribution in [0, 0.1) is 0 Å². The lowest BCUT2D eigenvalue weighted by Gasteiger charge is -2.09. The van der Waals surface area contributed by atoms with Gasteiger partial charge in [-0.15, -0.1) is 0 Å². The van der Waals surface area contributed by atoms with Crippen LogP contribution in [0.1, 0.15) is 13.3 Å². The van der Waals surface area contributed by atoms with Crippen LogP contribution in [0.3, 0.4) is 0 Å². The first-order valence-electron chi connectivity index (χ1n) is 5.77. The Kier molecular flexibility index (Phi) is 5.13. The van der Waals surface area contributed by atoms with Gasteiger partial charge in [0, 0.05) is 30.9 Å². The van der Waals surface area contributed by atoms with Crippen LogP contribution in [0.5, 0.6) is 0 Å². The van der Waals surface area contributed by atoms with Crippen molar-refractivity contribution in [3.63, 3.8) is 0 Å². The predicted molar refractivity (Wildman–Crippen MR) is 74.0 cm³/mol. The minimum atomic E-state index is -3.80. The molecule has 6 N–H and O–H groups in total. The number of hydrogen-bond donors (Lipinski definition) is 4. The minimum absolute atomic E-state index is 0.0620. The first-order valence-corrected chi connectivity index (χ1v) is 7.31. The van der Waals surface area contributed by atoms with Crippen LogP contribution in [-0.4, -0.2) is 27.4 Å². The Hall–Kier alpha value is -1.80. The highest BCUT2D eigenvalue weighted by Gasteiger charge is 2.10. The largest absolute Gasteiger partial charge is 0.399 e. The zero-order valence-corrected chi connectivity index (χ0v) is 11.5. The normalized spacial score (nSPS) is 11.1. The Bertz CT molecular complexity index is 557. The van der Waals surface area contributed by atoms with Gasteiger partial charge in [-0.05, 0) is 25.1 Å². The summed E-state index contributed by atoms with van der Waals surface area (Å²) in [4.78, 5) is 11.2. The second kappa shape index (κ2) is 6.39. The van der Waals surface area contributed by atoms with Crippen molar-refractivity contribution in [2.75, 3.05) is 24.1 Å². The number of hydrogen-bond acceptors (Lipinski definition) is 5. The highest BCUT2D eigenvalue weighted by Crippen LogP contribution is 2.19. The standard InChI is InChI=1S/C11H18N4O3S/c1-2-14-11(16)3-4-15-9-5-8(12)6-10(7-9)19(13,17)18/h5-7,15H,2-4,12H2,1H3,(H,14,16)(H2,13,17,18). The number of nitrogen functional groups attached to an aromatic ring is 1. The summed E-state index contributed by atoms with van der Waals surface area (Å²) in [6, 6.07) is 4.24. The number of primary sulfonamides is 1. The summed E-state index contributed by atoms with van der Waals surface area (Å²) < 4.78 is 22.5. The lowest BCUT2D eigenvalue weighted by molar-refractivity contribution is -0.120. The maximum atomic E-state index is 11.2. The highest BCUT2D eigenvalue weighted by atomic mass is 32.2. The maximum Gasteiger partial charge on any atom is 0.238 e. The van der Waals surface area contributed by atoms with Gasteiger partial charge in [-0.3, -0.25) is 4.79 Å². The number of sulfonamides is 1. The molecule has 0 saturated carbocycles. The molecule has 19 heavy (non-hydrogen) atoms. The molecule has 0 aliphatic heterocycles. The van der Waals surface area contributed by atoms with Crippen LogP contribution in [0.4, 0.5) is 11.4 Å². The van der Waals surface area contributed by atoms with Crippen molar-refractivity contribution < 1.29 is 13.2 Å². The Morgan fingerprint density at radius 1 is 1.32 bits per heavy atom. The summed E-state index contributed by atoms with van der Waals surface area (Å²) in [5.74, 6) is -0.0782. The number of carbonyl (C=O) groups excluding carboxylic acids is 1. The van der Waals surface area contributed by atoms with Crippen molar-refractivity contribution in [2.24, 2.45) is 5.14 Å². The van der Waals surface area contributed by atoms with Crippen molar-refractivity contribution in [3.05, 3.63) is 18.2 Å². The smallest absolute Gasteiger partial charge is 0.238 e. The molecule has 0 aromatic heterocycles.